The van der Waals surface area contributed by atoms with Crippen LogP contribution in [-0.2, 0) is 14.3 Å². The van der Waals surface area contributed by atoms with Gasteiger partial charge in [0.15, 0.2) is 0 Å². The summed E-state index contributed by atoms with van der Waals surface area (Å²) in [5, 5.41) is 23.9. The van der Waals surface area contributed by atoms with Gasteiger partial charge in [0, 0.05) is 6.42 Å². The summed E-state index contributed by atoms with van der Waals surface area (Å²) in [6.07, 6.45) is 68.9. The number of unbranched alkanes of at least 4 members (excludes halogenated alkanes) is 37. The Balaban J connectivity index is 4.59. The van der Waals surface area contributed by atoms with E-state index in [0.29, 0.717) is 19.3 Å². The Labute approximate surface area is 423 Å². The van der Waals surface area contributed by atoms with Crippen LogP contribution in [0.25, 0.3) is 0 Å². The van der Waals surface area contributed by atoms with E-state index in [-0.39, 0.29) is 24.9 Å². The van der Waals surface area contributed by atoms with Crippen LogP contribution in [0.1, 0.15) is 310 Å². The van der Waals surface area contributed by atoms with E-state index < -0.39 is 18.2 Å². The van der Waals surface area contributed by atoms with Gasteiger partial charge in [0.2, 0.25) is 5.91 Å². The maximum atomic E-state index is 13.3. The molecule has 1 amide bonds. The largest absolute Gasteiger partial charge is 0.462 e. The second-order valence-corrected chi connectivity index (χ2v) is 20.5. The summed E-state index contributed by atoms with van der Waals surface area (Å²) in [5.41, 5.74) is 0. The molecule has 0 rings (SSSR count). The summed E-state index contributed by atoms with van der Waals surface area (Å²) < 4.78 is 5.96. The predicted molar refractivity (Wildman–Crippen MR) is 296 cm³/mol. The lowest BCUT2D eigenvalue weighted by Gasteiger charge is -2.24. The van der Waals surface area contributed by atoms with Gasteiger partial charge in [-0.05, 0) is 51.4 Å². The average Bonchev–Trinajstić information content (AvgIpc) is 3.33. The maximum Gasteiger partial charge on any atom is 0.306 e. The Bertz CT molecular complexity index is 1160. The van der Waals surface area contributed by atoms with Gasteiger partial charge in [0.05, 0.1) is 25.2 Å². The number of hydrogen-bond acceptors (Lipinski definition) is 5. The van der Waals surface area contributed by atoms with Crippen molar-refractivity contribution in [1.82, 2.24) is 5.32 Å². The molecule has 0 radical (unpaired) electrons. The zero-order valence-electron chi connectivity index (χ0n) is 45.5. The number of rotatable bonds is 54. The van der Waals surface area contributed by atoms with E-state index in [1.165, 1.54) is 193 Å². The van der Waals surface area contributed by atoms with Gasteiger partial charge in [-0.1, -0.05) is 294 Å². The number of nitrogens with one attached hydrogen (secondary N) is 1. The van der Waals surface area contributed by atoms with E-state index in [1.54, 1.807) is 0 Å². The minimum Gasteiger partial charge on any atom is -0.462 e. The fourth-order valence-electron chi connectivity index (χ4n) is 9.21. The summed E-state index contributed by atoms with van der Waals surface area (Å²) in [6.45, 7) is 6.47. The monoisotopic (exact) mass is 954 g/mol. The average molecular weight is 955 g/mol. The predicted octanol–water partition coefficient (Wildman–Crippen LogP) is 18.6. The molecule has 3 unspecified atom stereocenters. The van der Waals surface area contributed by atoms with Gasteiger partial charge < -0.3 is 20.3 Å². The van der Waals surface area contributed by atoms with Crippen molar-refractivity contribution in [2.75, 3.05) is 6.61 Å². The number of hydrogen-bond donors (Lipinski definition) is 3. The van der Waals surface area contributed by atoms with Crippen LogP contribution in [0.15, 0.2) is 48.6 Å². The third-order valence-corrected chi connectivity index (χ3v) is 13.8. The Kier molecular flexibility index (Phi) is 54.0. The fourth-order valence-corrected chi connectivity index (χ4v) is 9.21. The van der Waals surface area contributed by atoms with Crippen molar-refractivity contribution < 1.29 is 24.5 Å². The molecule has 0 aromatic carbocycles. The molecule has 0 saturated carbocycles. The zero-order valence-corrected chi connectivity index (χ0v) is 45.5. The van der Waals surface area contributed by atoms with E-state index in [2.05, 4.69) is 74.7 Å². The van der Waals surface area contributed by atoms with Crippen LogP contribution < -0.4 is 5.32 Å². The SMILES string of the molecule is CCCCC/C=C/C=C/C=C/C=C/CCCCCC(CC(=O)NC(CO)C(O)CCCCCCCCCCCCCCCCC)OC(=O)CCCCCCCCCCCCCCCCCCCC. The molecule has 0 heterocycles. The minimum absolute atomic E-state index is 0.0547. The molecule has 68 heavy (non-hydrogen) atoms. The van der Waals surface area contributed by atoms with Crippen molar-refractivity contribution in [3.63, 3.8) is 0 Å². The van der Waals surface area contributed by atoms with E-state index >= 15 is 0 Å². The van der Waals surface area contributed by atoms with Gasteiger partial charge in [-0.15, -0.1) is 0 Å². The van der Waals surface area contributed by atoms with Crippen LogP contribution in [0.3, 0.4) is 0 Å². The fraction of sp³-hybridized carbons (Fsp3) is 0.839. The number of esters is 1. The molecule has 3 N–H and O–H groups in total. The zero-order chi connectivity index (χ0) is 49.5. The van der Waals surface area contributed by atoms with Gasteiger partial charge in [0.1, 0.15) is 6.10 Å². The second kappa shape index (κ2) is 55.7. The van der Waals surface area contributed by atoms with Crippen molar-refractivity contribution in [1.29, 1.82) is 0 Å². The highest BCUT2D eigenvalue weighted by Crippen LogP contribution is 2.19. The summed E-state index contributed by atoms with van der Waals surface area (Å²) in [5.74, 6) is -0.497. The van der Waals surface area contributed by atoms with Crippen LogP contribution in [0.2, 0.25) is 0 Å². The molecular weight excluding hydrogens is 839 g/mol. The number of aliphatic hydroxyl groups excluding tert-OH is 2. The first-order valence-corrected chi connectivity index (χ1v) is 29.9. The van der Waals surface area contributed by atoms with Crippen molar-refractivity contribution in [3.8, 4) is 0 Å². The van der Waals surface area contributed by atoms with Gasteiger partial charge >= 0.3 is 5.97 Å². The Morgan fingerprint density at radius 2 is 0.750 bits per heavy atom. The van der Waals surface area contributed by atoms with Crippen molar-refractivity contribution in [2.45, 2.75) is 328 Å². The van der Waals surface area contributed by atoms with E-state index in [0.717, 1.165) is 70.6 Å². The van der Waals surface area contributed by atoms with Crippen LogP contribution in [0, 0.1) is 0 Å². The number of allylic oxidation sites excluding steroid dienone is 8. The van der Waals surface area contributed by atoms with Gasteiger partial charge in [0.25, 0.3) is 0 Å². The van der Waals surface area contributed by atoms with Gasteiger partial charge in [-0.2, -0.15) is 0 Å². The number of carbonyl (C=O) groups excluding carboxylic acids is 2. The van der Waals surface area contributed by atoms with Crippen LogP contribution in [0.4, 0.5) is 0 Å². The van der Waals surface area contributed by atoms with Crippen molar-refractivity contribution in [3.05, 3.63) is 48.6 Å². The molecule has 3 atom stereocenters. The smallest absolute Gasteiger partial charge is 0.306 e. The lowest BCUT2D eigenvalue weighted by atomic mass is 10.0. The van der Waals surface area contributed by atoms with E-state index in [1.807, 2.05) is 0 Å². The molecule has 6 heteroatoms. The highest BCUT2D eigenvalue weighted by Gasteiger charge is 2.24. The number of amides is 1. The van der Waals surface area contributed by atoms with Gasteiger partial charge in [-0.3, -0.25) is 9.59 Å². The molecule has 0 aliphatic rings. The molecule has 0 aromatic heterocycles. The third kappa shape index (κ3) is 50.2. The van der Waals surface area contributed by atoms with E-state index in [9.17, 15) is 19.8 Å². The standard InChI is InChI=1S/C62H115NO5/c1-4-7-10-13-16-19-22-25-28-30-31-34-37-40-43-46-49-52-55-62(67)68-58(53-50-47-44-41-38-35-33-29-26-23-20-17-14-11-8-5-2)56-61(66)63-59(57-64)60(65)54-51-48-45-42-39-36-32-27-24-21-18-15-12-9-6-3/h17,20,23,26,29,33,35,38,58-60,64-65H,4-16,18-19,21-22,24-25,27-28,30-32,34,36-37,39-57H2,1-3H3,(H,63,66)/b20-17+,26-23+,33-29+,38-35+. The topological polar surface area (TPSA) is 95.9 Å². The number of carbonyl (C=O) groups is 2. The molecule has 0 aliphatic carbocycles. The van der Waals surface area contributed by atoms with E-state index in [4.69, 9.17) is 4.74 Å². The molecule has 0 bridgehead atoms. The van der Waals surface area contributed by atoms with Crippen molar-refractivity contribution >= 4 is 11.9 Å². The quantitative estimate of drug-likeness (QED) is 0.0321. The lowest BCUT2D eigenvalue weighted by Crippen LogP contribution is -2.46. The van der Waals surface area contributed by atoms with Crippen LogP contribution >= 0.6 is 0 Å². The number of aliphatic hydroxyl groups is 2. The molecule has 0 aromatic rings. The van der Waals surface area contributed by atoms with Crippen molar-refractivity contribution in [2.24, 2.45) is 0 Å². The van der Waals surface area contributed by atoms with Crippen LogP contribution in [0.5, 0.6) is 0 Å². The Morgan fingerprint density at radius 3 is 1.16 bits per heavy atom. The van der Waals surface area contributed by atoms with Gasteiger partial charge in [-0.25, -0.2) is 0 Å². The Hall–Kier alpha value is -2.18. The normalized spacial score (nSPS) is 13.4. The molecule has 6 nitrogen and oxygen atoms in total. The second-order valence-electron chi connectivity index (χ2n) is 20.5. The summed E-state index contributed by atoms with van der Waals surface area (Å²) in [7, 11) is 0. The first-order valence-electron chi connectivity index (χ1n) is 29.9. The lowest BCUT2D eigenvalue weighted by molar-refractivity contribution is -0.151. The third-order valence-electron chi connectivity index (χ3n) is 13.8. The maximum absolute atomic E-state index is 13.3. The Morgan fingerprint density at radius 1 is 0.426 bits per heavy atom. The molecule has 0 fully saturated rings. The molecule has 0 spiro atoms. The highest BCUT2D eigenvalue weighted by molar-refractivity contribution is 5.77. The summed E-state index contributed by atoms with van der Waals surface area (Å²) in [4.78, 5) is 26.3. The molecule has 398 valence electrons. The molecular formula is C62H115NO5. The first kappa shape index (κ1) is 65.8. The molecule has 0 saturated heterocycles. The summed E-state index contributed by atoms with van der Waals surface area (Å²) >= 11 is 0. The summed E-state index contributed by atoms with van der Waals surface area (Å²) in [6, 6.07) is -0.714. The van der Waals surface area contributed by atoms with Crippen LogP contribution in [-0.4, -0.2) is 46.9 Å². The number of ether oxygens (including phenoxy) is 1. The highest BCUT2D eigenvalue weighted by atomic mass is 16.5. The molecule has 0 aliphatic heterocycles. The first-order chi connectivity index (χ1) is 33.5. The minimum atomic E-state index is -0.799.